The molecule has 0 aliphatic heterocycles. The van der Waals surface area contributed by atoms with Crippen LogP contribution in [0.4, 0.5) is 15.8 Å². The minimum absolute atomic E-state index is 0.0727. The molecule has 0 atom stereocenters. The van der Waals surface area contributed by atoms with E-state index in [-0.39, 0.29) is 17.9 Å². The number of nitrogens with zero attached hydrogens (tertiary/aromatic N) is 1. The number of hydrogen-bond donors (Lipinski definition) is 2. The van der Waals surface area contributed by atoms with Crippen LogP contribution in [0.3, 0.4) is 0 Å². The van der Waals surface area contributed by atoms with E-state index in [1.54, 1.807) is 61.7 Å². The van der Waals surface area contributed by atoms with Crippen molar-refractivity contribution in [1.82, 2.24) is 0 Å². The van der Waals surface area contributed by atoms with Gasteiger partial charge >= 0.3 is 0 Å². The van der Waals surface area contributed by atoms with Gasteiger partial charge < -0.3 is 20.1 Å². The molecule has 0 bridgehead atoms. The largest absolute Gasteiger partial charge is 0.497 e. The van der Waals surface area contributed by atoms with E-state index in [9.17, 15) is 19.2 Å². The number of methoxy groups -OCH3 is 1. The van der Waals surface area contributed by atoms with Crippen molar-refractivity contribution >= 4 is 29.3 Å². The molecule has 33 heavy (non-hydrogen) atoms. The average molecular weight is 445 g/mol. The Morgan fingerprint density at radius 2 is 1.64 bits per heavy atom. The third-order valence-electron chi connectivity index (χ3n) is 4.42. The van der Waals surface area contributed by atoms with E-state index >= 15 is 0 Å². The van der Waals surface area contributed by atoms with Crippen molar-refractivity contribution in [3.05, 3.63) is 89.8 Å². The summed E-state index contributed by atoms with van der Waals surface area (Å²) in [7, 11) is 1.54. The van der Waals surface area contributed by atoms with Crippen LogP contribution in [-0.2, 0) is 9.59 Å². The van der Waals surface area contributed by atoms with Gasteiger partial charge in [-0.25, -0.2) is 4.39 Å². The van der Waals surface area contributed by atoms with Gasteiger partial charge in [0.25, 0.3) is 11.8 Å². The molecule has 3 aromatic rings. The fraction of sp³-hybridized carbons (Fsp3) is 0.0800. The van der Waals surface area contributed by atoms with Crippen molar-refractivity contribution in [2.24, 2.45) is 0 Å². The summed E-state index contributed by atoms with van der Waals surface area (Å²) < 4.78 is 24.1. The number of ether oxygens (including phenoxy) is 2. The lowest BCUT2D eigenvalue weighted by Crippen LogP contribution is -2.20. The molecule has 0 spiro atoms. The summed E-state index contributed by atoms with van der Waals surface area (Å²) in [4.78, 5) is 24.3. The zero-order valence-electron chi connectivity index (χ0n) is 17.7. The molecule has 0 fully saturated rings. The van der Waals surface area contributed by atoms with E-state index in [2.05, 4.69) is 10.6 Å². The lowest BCUT2D eigenvalue weighted by atomic mass is 10.1. The van der Waals surface area contributed by atoms with Crippen molar-refractivity contribution in [3.63, 3.8) is 0 Å². The second-order valence-electron chi connectivity index (χ2n) is 6.74. The number of anilines is 2. The quantitative estimate of drug-likeness (QED) is 0.395. The molecule has 2 N–H and O–H groups in total. The number of amides is 2. The molecule has 3 rings (SSSR count). The number of carbonyl (C=O) groups excluding carboxylic acids is 2. The molecule has 0 radical (unpaired) electrons. The summed E-state index contributed by atoms with van der Waals surface area (Å²) in [5.74, 6) is -0.543. The van der Waals surface area contributed by atoms with E-state index < -0.39 is 17.6 Å². The molecule has 2 amide bonds. The predicted molar refractivity (Wildman–Crippen MR) is 122 cm³/mol. The standard InChI is InChI=1S/C25H20FN3O4/c1-32-20-12-8-19(9-13-20)28-25(31)18(15-27)14-17-6-10-21(11-7-17)33-16-24(30)29-23-5-3-2-4-22(23)26/h2-14H,16H2,1H3,(H,28,31)(H,29,30)/b18-14-. The van der Waals surface area contributed by atoms with Crippen LogP contribution >= 0.6 is 0 Å². The van der Waals surface area contributed by atoms with Gasteiger partial charge in [-0.2, -0.15) is 5.26 Å². The molecule has 0 saturated carbocycles. The van der Waals surface area contributed by atoms with Crippen LogP contribution in [0.25, 0.3) is 6.08 Å². The lowest BCUT2D eigenvalue weighted by Gasteiger charge is -2.08. The molecule has 8 heteroatoms. The highest BCUT2D eigenvalue weighted by molar-refractivity contribution is 6.09. The maximum absolute atomic E-state index is 13.6. The molecular formula is C25H20FN3O4. The van der Waals surface area contributed by atoms with E-state index in [4.69, 9.17) is 9.47 Å². The molecule has 0 aromatic heterocycles. The fourth-order valence-corrected chi connectivity index (χ4v) is 2.75. The molecule has 7 nitrogen and oxygen atoms in total. The number of para-hydroxylation sites is 1. The third-order valence-corrected chi connectivity index (χ3v) is 4.42. The van der Waals surface area contributed by atoms with Gasteiger partial charge in [-0.05, 0) is 60.2 Å². The van der Waals surface area contributed by atoms with Crippen molar-refractivity contribution in [2.45, 2.75) is 0 Å². The Hall–Kier alpha value is -4.64. The second-order valence-corrected chi connectivity index (χ2v) is 6.74. The zero-order valence-corrected chi connectivity index (χ0v) is 17.7. The topological polar surface area (TPSA) is 100 Å². The van der Waals surface area contributed by atoms with Crippen LogP contribution in [0.1, 0.15) is 5.56 Å². The van der Waals surface area contributed by atoms with Crippen LogP contribution in [0.2, 0.25) is 0 Å². The van der Waals surface area contributed by atoms with Gasteiger partial charge in [0.2, 0.25) is 0 Å². The zero-order chi connectivity index (χ0) is 23.6. The monoisotopic (exact) mass is 445 g/mol. The smallest absolute Gasteiger partial charge is 0.266 e. The first-order chi connectivity index (χ1) is 16.0. The molecule has 0 heterocycles. The molecule has 0 saturated heterocycles. The van der Waals surface area contributed by atoms with Crippen molar-refractivity contribution in [2.75, 3.05) is 24.4 Å². The Morgan fingerprint density at radius 3 is 2.27 bits per heavy atom. The Bertz CT molecular complexity index is 1200. The predicted octanol–water partition coefficient (Wildman–Crippen LogP) is 4.40. The van der Waals surface area contributed by atoms with Crippen LogP contribution in [0, 0.1) is 17.1 Å². The van der Waals surface area contributed by atoms with Gasteiger partial charge in [0.05, 0.1) is 12.8 Å². The number of rotatable bonds is 8. The van der Waals surface area contributed by atoms with Crippen LogP contribution in [0.15, 0.2) is 78.4 Å². The first-order valence-corrected chi connectivity index (χ1v) is 9.83. The minimum atomic E-state index is -0.548. The van der Waals surface area contributed by atoms with Crippen LogP contribution in [0.5, 0.6) is 11.5 Å². The molecule has 166 valence electrons. The highest BCUT2D eigenvalue weighted by Crippen LogP contribution is 2.18. The summed E-state index contributed by atoms with van der Waals surface area (Å²) in [6, 6.07) is 20.9. The number of benzene rings is 3. The van der Waals surface area contributed by atoms with Crippen molar-refractivity contribution < 1.29 is 23.5 Å². The summed E-state index contributed by atoms with van der Waals surface area (Å²) >= 11 is 0. The van der Waals surface area contributed by atoms with Gasteiger partial charge in [0.15, 0.2) is 6.61 Å². The first kappa shape index (κ1) is 23.0. The maximum atomic E-state index is 13.6. The summed E-state index contributed by atoms with van der Waals surface area (Å²) in [6.07, 6.45) is 1.44. The first-order valence-electron chi connectivity index (χ1n) is 9.83. The fourth-order valence-electron chi connectivity index (χ4n) is 2.75. The average Bonchev–Trinajstić information content (AvgIpc) is 2.84. The van der Waals surface area contributed by atoms with E-state index in [0.29, 0.717) is 22.7 Å². The van der Waals surface area contributed by atoms with Gasteiger partial charge in [0.1, 0.15) is 29.0 Å². The Kier molecular flexibility index (Phi) is 7.76. The second kappa shape index (κ2) is 11.1. The summed E-state index contributed by atoms with van der Waals surface area (Å²) in [6.45, 7) is -0.308. The summed E-state index contributed by atoms with van der Waals surface area (Å²) in [5, 5.41) is 14.4. The van der Waals surface area contributed by atoms with Crippen LogP contribution in [-0.4, -0.2) is 25.5 Å². The Morgan fingerprint density at radius 1 is 0.970 bits per heavy atom. The van der Waals surface area contributed by atoms with Crippen LogP contribution < -0.4 is 20.1 Å². The number of carbonyl (C=O) groups is 2. The van der Waals surface area contributed by atoms with Gasteiger partial charge in [0, 0.05) is 5.69 Å². The van der Waals surface area contributed by atoms with Gasteiger partial charge in [-0.1, -0.05) is 24.3 Å². The van der Waals surface area contributed by atoms with E-state index in [1.165, 1.54) is 24.3 Å². The number of nitrogens with one attached hydrogen (secondary N) is 2. The Labute approximate surface area is 190 Å². The molecular weight excluding hydrogens is 425 g/mol. The number of nitriles is 1. The van der Waals surface area contributed by atoms with Crippen molar-refractivity contribution in [3.8, 4) is 17.6 Å². The molecule has 0 unspecified atom stereocenters. The van der Waals surface area contributed by atoms with Gasteiger partial charge in [-0.15, -0.1) is 0 Å². The number of hydrogen-bond acceptors (Lipinski definition) is 5. The highest BCUT2D eigenvalue weighted by atomic mass is 19.1. The Balaban J connectivity index is 1.57. The highest BCUT2D eigenvalue weighted by Gasteiger charge is 2.10. The van der Waals surface area contributed by atoms with Crippen molar-refractivity contribution in [1.29, 1.82) is 5.26 Å². The SMILES string of the molecule is COc1ccc(NC(=O)/C(C#N)=C\c2ccc(OCC(=O)Nc3ccccc3F)cc2)cc1. The normalized spacial score (nSPS) is 10.6. The van der Waals surface area contributed by atoms with Gasteiger partial charge in [-0.3, -0.25) is 9.59 Å². The lowest BCUT2D eigenvalue weighted by molar-refractivity contribution is -0.118. The minimum Gasteiger partial charge on any atom is -0.497 e. The maximum Gasteiger partial charge on any atom is 0.266 e. The molecule has 0 aliphatic rings. The number of halogens is 1. The van der Waals surface area contributed by atoms with E-state index in [1.807, 2.05) is 6.07 Å². The van der Waals surface area contributed by atoms with E-state index in [0.717, 1.165) is 0 Å². The molecule has 3 aromatic carbocycles. The summed E-state index contributed by atoms with van der Waals surface area (Å²) in [5.41, 5.74) is 1.12. The third kappa shape index (κ3) is 6.67. The molecule has 0 aliphatic carbocycles.